The topological polar surface area (TPSA) is 77.0 Å². The molecule has 0 spiro atoms. The quantitative estimate of drug-likeness (QED) is 0.107. The van der Waals surface area contributed by atoms with Crippen molar-refractivity contribution in [3.63, 3.8) is 0 Å². The normalized spacial score (nSPS) is 17.2. The van der Waals surface area contributed by atoms with Crippen molar-refractivity contribution in [2.45, 2.75) is 26.2 Å². The highest BCUT2D eigenvalue weighted by Gasteiger charge is 2.29. The van der Waals surface area contributed by atoms with Gasteiger partial charge in [0.25, 0.3) is 0 Å². The van der Waals surface area contributed by atoms with Gasteiger partial charge in [0.1, 0.15) is 28.3 Å². The average molecular weight is 640 g/mol. The minimum atomic E-state index is 0.132. The number of nitrogens with zero attached hydrogens (tertiary/aromatic N) is 2. The summed E-state index contributed by atoms with van der Waals surface area (Å²) in [6.07, 6.45) is 18.3. The maximum absolute atomic E-state index is 7.12. The van der Waals surface area contributed by atoms with Crippen LogP contribution in [0.3, 0.4) is 0 Å². The Bertz CT molecular complexity index is 2410. The fourth-order valence-corrected chi connectivity index (χ4v) is 6.90. The van der Waals surface area contributed by atoms with Crippen molar-refractivity contribution in [2.75, 3.05) is 6.54 Å². The highest BCUT2D eigenvalue weighted by Crippen LogP contribution is 2.40. The third-order valence-corrected chi connectivity index (χ3v) is 9.38. The molecule has 240 valence electrons. The summed E-state index contributed by atoms with van der Waals surface area (Å²) < 4.78 is 12.7. The number of furan rings is 2. The first-order valence-electron chi connectivity index (χ1n) is 16.9. The van der Waals surface area contributed by atoms with Crippen molar-refractivity contribution >= 4 is 56.2 Å². The third-order valence-electron chi connectivity index (χ3n) is 9.38. The van der Waals surface area contributed by atoms with Gasteiger partial charge in [-0.25, -0.2) is 4.99 Å². The molecule has 0 bridgehead atoms. The number of benzene rings is 4. The minimum absolute atomic E-state index is 0.132. The Morgan fingerprint density at radius 2 is 1.59 bits per heavy atom. The number of amidine groups is 2. The minimum Gasteiger partial charge on any atom is -0.460 e. The molecule has 6 aromatic rings. The van der Waals surface area contributed by atoms with Crippen LogP contribution in [-0.4, -0.2) is 18.2 Å². The number of allylic oxidation sites excluding steroid dienone is 6. The van der Waals surface area contributed by atoms with Gasteiger partial charge in [-0.15, -0.1) is 0 Å². The summed E-state index contributed by atoms with van der Waals surface area (Å²) in [7, 11) is 0. The van der Waals surface area contributed by atoms with E-state index in [-0.39, 0.29) is 5.92 Å². The number of para-hydroxylation sites is 2. The van der Waals surface area contributed by atoms with E-state index < -0.39 is 0 Å². The van der Waals surface area contributed by atoms with Gasteiger partial charge in [0, 0.05) is 45.2 Å². The maximum Gasteiger partial charge on any atom is 0.158 e. The third kappa shape index (κ3) is 6.00. The van der Waals surface area contributed by atoms with E-state index in [1.807, 2.05) is 73.7 Å². The van der Waals surface area contributed by atoms with E-state index >= 15 is 0 Å². The van der Waals surface area contributed by atoms with E-state index in [4.69, 9.17) is 24.6 Å². The van der Waals surface area contributed by atoms with Gasteiger partial charge in [-0.3, -0.25) is 4.99 Å². The molecule has 2 heterocycles. The summed E-state index contributed by atoms with van der Waals surface area (Å²) in [6, 6.07) is 32.6. The van der Waals surface area contributed by atoms with E-state index in [0.29, 0.717) is 18.2 Å². The van der Waals surface area contributed by atoms with Crippen LogP contribution in [0.1, 0.15) is 42.2 Å². The zero-order valence-corrected chi connectivity index (χ0v) is 27.5. The number of hydrogen-bond acceptors (Lipinski definition) is 3. The SMILES string of the molecule is C/C=C(\C=C/c1ccccc1)CN=C(N=C(N)C1=CC(C2=CCCC=C2)Cc2oc3ccccc3c21)c1cccc2oc3ccccc3c12. The molecule has 1 unspecified atom stereocenters. The van der Waals surface area contributed by atoms with E-state index in [1.165, 1.54) is 5.57 Å². The molecule has 2 aliphatic rings. The molecule has 5 heteroatoms. The van der Waals surface area contributed by atoms with Crippen LogP contribution in [0.2, 0.25) is 0 Å². The smallest absolute Gasteiger partial charge is 0.158 e. The van der Waals surface area contributed by atoms with Gasteiger partial charge in [0.05, 0.1) is 6.54 Å². The van der Waals surface area contributed by atoms with Crippen molar-refractivity contribution < 1.29 is 8.83 Å². The van der Waals surface area contributed by atoms with Crippen LogP contribution in [-0.2, 0) is 6.42 Å². The monoisotopic (exact) mass is 639 g/mol. The van der Waals surface area contributed by atoms with Gasteiger partial charge in [-0.05, 0) is 54.7 Å². The molecule has 4 aromatic carbocycles. The van der Waals surface area contributed by atoms with Gasteiger partial charge < -0.3 is 14.6 Å². The van der Waals surface area contributed by atoms with Crippen LogP contribution >= 0.6 is 0 Å². The second-order valence-electron chi connectivity index (χ2n) is 12.5. The zero-order chi connectivity index (χ0) is 33.2. The van der Waals surface area contributed by atoms with Gasteiger partial charge in [0.15, 0.2) is 5.84 Å². The molecular weight excluding hydrogens is 603 g/mol. The van der Waals surface area contributed by atoms with E-state index in [2.05, 4.69) is 72.9 Å². The summed E-state index contributed by atoms with van der Waals surface area (Å²) in [5, 5.41) is 3.02. The largest absolute Gasteiger partial charge is 0.460 e. The highest BCUT2D eigenvalue weighted by atomic mass is 16.3. The molecule has 0 radical (unpaired) electrons. The Labute approximate surface area is 285 Å². The molecule has 0 saturated heterocycles. The fraction of sp³-hybridized carbons (Fsp3) is 0.136. The van der Waals surface area contributed by atoms with Gasteiger partial charge in [0.2, 0.25) is 0 Å². The van der Waals surface area contributed by atoms with Crippen LogP contribution in [0.5, 0.6) is 0 Å². The van der Waals surface area contributed by atoms with Crippen molar-refractivity contribution in [3.05, 3.63) is 167 Å². The maximum atomic E-state index is 7.12. The predicted molar refractivity (Wildman–Crippen MR) is 204 cm³/mol. The Kier molecular flexibility index (Phi) is 8.24. The van der Waals surface area contributed by atoms with Crippen molar-refractivity contribution in [3.8, 4) is 0 Å². The first-order valence-corrected chi connectivity index (χ1v) is 16.9. The summed E-state index contributed by atoms with van der Waals surface area (Å²) in [4.78, 5) is 10.4. The molecule has 0 fully saturated rings. The Balaban J connectivity index is 1.27. The highest BCUT2D eigenvalue weighted by molar-refractivity contribution is 6.30. The lowest BCUT2D eigenvalue weighted by Crippen LogP contribution is -2.22. The molecule has 8 rings (SSSR count). The van der Waals surface area contributed by atoms with Gasteiger partial charge >= 0.3 is 0 Å². The lowest BCUT2D eigenvalue weighted by atomic mass is 9.82. The predicted octanol–water partition coefficient (Wildman–Crippen LogP) is 10.6. The summed E-state index contributed by atoms with van der Waals surface area (Å²) in [5.74, 6) is 2.03. The lowest BCUT2D eigenvalue weighted by Gasteiger charge is -2.23. The molecule has 1 atom stereocenters. The number of nitrogens with two attached hydrogens (primary N) is 1. The van der Waals surface area contributed by atoms with Crippen molar-refractivity contribution in [1.29, 1.82) is 0 Å². The van der Waals surface area contributed by atoms with Crippen LogP contribution in [0.25, 0.3) is 44.6 Å². The van der Waals surface area contributed by atoms with Crippen LogP contribution < -0.4 is 5.73 Å². The number of rotatable bonds is 7. The first-order chi connectivity index (χ1) is 24.2. The van der Waals surface area contributed by atoms with Crippen molar-refractivity contribution in [1.82, 2.24) is 0 Å². The van der Waals surface area contributed by atoms with Gasteiger partial charge in [-0.2, -0.15) is 0 Å². The molecule has 2 aromatic heterocycles. The van der Waals surface area contributed by atoms with Gasteiger partial charge in [-0.1, -0.05) is 121 Å². The molecule has 0 aliphatic heterocycles. The summed E-state index contributed by atoms with van der Waals surface area (Å²) in [6.45, 7) is 2.46. The Hall–Kier alpha value is -5.94. The first kappa shape index (κ1) is 30.4. The molecule has 0 amide bonds. The Morgan fingerprint density at radius 3 is 2.39 bits per heavy atom. The van der Waals surface area contributed by atoms with Crippen LogP contribution in [0.4, 0.5) is 0 Å². The van der Waals surface area contributed by atoms with Crippen LogP contribution in [0.15, 0.2) is 163 Å². The van der Waals surface area contributed by atoms with E-state index in [1.54, 1.807) is 0 Å². The Morgan fingerprint density at radius 1 is 0.837 bits per heavy atom. The standard InChI is InChI=1S/C44H37N3O2/c1-2-29(24-25-30-14-5-3-6-15-30)28-46-44(35-20-13-23-39-41(35)33-18-9-11-21-37(33)48-39)47-43(45)36-26-32(31-16-7-4-8-17-31)27-40-42(36)34-19-10-12-22-38(34)49-40/h2-3,5-7,9-26,32H,4,8,27-28H2,1H3,(H2,45,46,47)/b25-24-,29-2+. The lowest BCUT2D eigenvalue weighted by molar-refractivity contribution is 0.520. The molecule has 49 heavy (non-hydrogen) atoms. The molecule has 2 aliphatic carbocycles. The molecular formula is C44H37N3O2. The molecule has 0 saturated carbocycles. The number of aliphatic imine (C=N–C) groups is 2. The van der Waals surface area contributed by atoms with E-state index in [0.717, 1.165) is 85.8 Å². The summed E-state index contributed by atoms with van der Waals surface area (Å²) >= 11 is 0. The van der Waals surface area contributed by atoms with E-state index in [9.17, 15) is 0 Å². The molecule has 5 nitrogen and oxygen atoms in total. The van der Waals surface area contributed by atoms with Crippen molar-refractivity contribution in [2.24, 2.45) is 21.6 Å². The van der Waals surface area contributed by atoms with Crippen LogP contribution in [0, 0.1) is 5.92 Å². The zero-order valence-electron chi connectivity index (χ0n) is 27.5. The number of fused-ring (bicyclic) bond motifs is 6. The second kappa shape index (κ2) is 13.3. The number of hydrogen-bond donors (Lipinski definition) is 1. The average Bonchev–Trinajstić information content (AvgIpc) is 3.73. The molecule has 2 N–H and O–H groups in total. The second-order valence-corrected chi connectivity index (χ2v) is 12.5. The fourth-order valence-electron chi connectivity index (χ4n) is 6.90. The summed E-state index contributed by atoms with van der Waals surface area (Å²) in [5.41, 5.74) is 15.8.